The minimum Gasteiger partial charge on any atom is -0.377 e. The van der Waals surface area contributed by atoms with E-state index in [1.54, 1.807) is 12.5 Å². The molecule has 4 nitrogen and oxygen atoms in total. The van der Waals surface area contributed by atoms with Crippen LogP contribution in [0.15, 0.2) is 30.4 Å². The minimum atomic E-state index is -0.946. The van der Waals surface area contributed by atoms with Crippen LogP contribution in [0.2, 0.25) is 0 Å². The van der Waals surface area contributed by atoms with Gasteiger partial charge in [-0.05, 0) is 85.6 Å². The molecule has 5 heteroatoms. The van der Waals surface area contributed by atoms with Crippen molar-refractivity contribution in [3.63, 3.8) is 0 Å². The molecule has 0 amide bonds. The lowest BCUT2D eigenvalue weighted by atomic mass is 9.51. The van der Waals surface area contributed by atoms with Crippen molar-refractivity contribution in [2.75, 3.05) is 0 Å². The van der Waals surface area contributed by atoms with Gasteiger partial charge in [0.25, 0.3) is 0 Å². The molecule has 7 atom stereocenters. The summed E-state index contributed by atoms with van der Waals surface area (Å²) in [5, 5.41) is 13.2. The van der Waals surface area contributed by atoms with Crippen LogP contribution in [0, 0.1) is 46.3 Å². The Bertz CT molecular complexity index is 913. The summed E-state index contributed by atoms with van der Waals surface area (Å²) in [4.78, 5) is 17.3. The average Bonchev–Trinajstić information content (AvgIpc) is 3.34. The van der Waals surface area contributed by atoms with Gasteiger partial charge in [-0.1, -0.05) is 24.5 Å². The molecule has 0 bridgehead atoms. The van der Waals surface area contributed by atoms with E-state index in [-0.39, 0.29) is 11.3 Å². The van der Waals surface area contributed by atoms with Gasteiger partial charge in [-0.2, -0.15) is 0 Å². The van der Waals surface area contributed by atoms with Crippen LogP contribution in [0.3, 0.4) is 0 Å². The zero-order valence-electron chi connectivity index (χ0n) is 17.7. The van der Waals surface area contributed by atoms with E-state index in [0.29, 0.717) is 48.8 Å². The molecule has 5 rings (SSSR count). The molecule has 0 aliphatic heterocycles. The number of rotatable bonds is 3. The van der Waals surface area contributed by atoms with Crippen molar-refractivity contribution in [1.82, 2.24) is 9.55 Å². The summed E-state index contributed by atoms with van der Waals surface area (Å²) in [7, 11) is 0. The van der Waals surface area contributed by atoms with Gasteiger partial charge < -0.3 is 9.67 Å². The van der Waals surface area contributed by atoms with Gasteiger partial charge in [0.05, 0.1) is 12.9 Å². The van der Waals surface area contributed by atoms with Crippen LogP contribution in [-0.4, -0.2) is 26.0 Å². The fraction of sp³-hybridized carbons (Fsp3) is 0.680. The number of hydrogen-bond donors (Lipinski definition) is 1. The number of fused-ring (bicyclic) bond motifs is 5. The molecule has 1 N–H and O–H groups in total. The van der Waals surface area contributed by atoms with Crippen LogP contribution in [0.4, 0.5) is 0 Å². The third-order valence-corrected chi connectivity index (χ3v) is 9.16. The minimum absolute atomic E-state index is 0.129. The van der Waals surface area contributed by atoms with E-state index in [9.17, 15) is 9.90 Å². The van der Waals surface area contributed by atoms with E-state index in [1.807, 2.05) is 10.8 Å². The standard InChI is InChI=1S/C25H31ClN2O2/c1-24-8-6-19-18-7-9-25(30,10-11-26)14-17(18)2-3-20(19)21(24)4-5-22(24)23(29)15-28-13-12-27-16-28/h2,12-13,16,18-22,30H,3-9,14-15H2,1H3/t18-,19+,20+,21-,22+,24-,25-/m0/s1. The SMILES string of the molecule is C[C@]12CC[C@H]3[C@@H](CC=C4C[C@@](O)(C#CCl)CC[C@@H]43)[C@@H]1CC[C@@H]2C(=O)Cn1ccnc1. The molecule has 160 valence electrons. The van der Waals surface area contributed by atoms with E-state index >= 15 is 0 Å². The maximum atomic E-state index is 13.2. The predicted molar refractivity (Wildman–Crippen MR) is 116 cm³/mol. The number of imidazole rings is 1. The molecule has 1 aromatic rings. The Morgan fingerprint density at radius 2 is 2.17 bits per heavy atom. The lowest BCUT2D eigenvalue weighted by Gasteiger charge is -2.54. The fourth-order valence-electron chi connectivity index (χ4n) is 7.69. The number of ketones is 1. The quantitative estimate of drug-likeness (QED) is 0.568. The van der Waals surface area contributed by atoms with Crippen molar-refractivity contribution in [1.29, 1.82) is 0 Å². The van der Waals surface area contributed by atoms with E-state index in [4.69, 9.17) is 11.6 Å². The number of Topliss-reactive ketones (excluding diaryl/α,β-unsaturated/α-hetero) is 1. The highest BCUT2D eigenvalue weighted by Gasteiger charge is 2.57. The Morgan fingerprint density at radius 3 is 2.93 bits per heavy atom. The normalized spacial score (nSPS) is 42.2. The molecule has 0 saturated heterocycles. The van der Waals surface area contributed by atoms with Crippen molar-refractivity contribution < 1.29 is 9.90 Å². The third-order valence-electron chi connectivity index (χ3n) is 9.07. The average molecular weight is 427 g/mol. The summed E-state index contributed by atoms with van der Waals surface area (Å²) in [5.41, 5.74) is 0.584. The maximum Gasteiger partial charge on any atom is 0.156 e. The van der Waals surface area contributed by atoms with Crippen LogP contribution in [0.25, 0.3) is 0 Å². The second-order valence-electron chi connectivity index (χ2n) is 10.4. The predicted octanol–water partition coefficient (Wildman–Crippen LogP) is 4.57. The first-order valence-corrected chi connectivity index (χ1v) is 11.8. The Balaban J connectivity index is 1.34. The van der Waals surface area contributed by atoms with Crippen molar-refractivity contribution in [3.05, 3.63) is 30.4 Å². The fourth-order valence-corrected chi connectivity index (χ4v) is 7.86. The van der Waals surface area contributed by atoms with E-state index in [0.717, 1.165) is 25.7 Å². The Kier molecular flexibility index (Phi) is 5.11. The molecule has 3 saturated carbocycles. The Morgan fingerprint density at radius 1 is 1.30 bits per heavy atom. The first-order chi connectivity index (χ1) is 14.4. The monoisotopic (exact) mass is 426 g/mol. The number of halogens is 1. The molecule has 3 fully saturated rings. The Labute approximate surface area is 184 Å². The number of aromatic nitrogens is 2. The molecule has 4 aliphatic carbocycles. The Hall–Kier alpha value is -1.57. The van der Waals surface area contributed by atoms with E-state index in [2.05, 4.69) is 29.3 Å². The number of allylic oxidation sites excluding steroid dienone is 1. The summed E-state index contributed by atoms with van der Waals surface area (Å²) in [6.07, 6.45) is 15.8. The molecule has 0 radical (unpaired) electrons. The van der Waals surface area contributed by atoms with Gasteiger partial charge in [0.15, 0.2) is 5.78 Å². The molecule has 0 unspecified atom stereocenters. The third kappa shape index (κ3) is 3.26. The number of hydrogen-bond acceptors (Lipinski definition) is 3. The van der Waals surface area contributed by atoms with Gasteiger partial charge in [0.2, 0.25) is 0 Å². The molecule has 1 heterocycles. The summed E-state index contributed by atoms with van der Waals surface area (Å²) in [5.74, 6) is 5.96. The number of nitrogens with zero attached hydrogens (tertiary/aromatic N) is 2. The number of carbonyl (C=O) groups is 1. The van der Waals surface area contributed by atoms with Crippen molar-refractivity contribution >= 4 is 17.4 Å². The van der Waals surface area contributed by atoms with Crippen LogP contribution in [0.1, 0.15) is 58.3 Å². The van der Waals surface area contributed by atoms with Gasteiger partial charge in [-0.25, -0.2) is 4.98 Å². The van der Waals surface area contributed by atoms with Crippen LogP contribution in [0.5, 0.6) is 0 Å². The second-order valence-corrected chi connectivity index (χ2v) is 10.6. The lowest BCUT2D eigenvalue weighted by molar-refractivity contribution is -0.129. The summed E-state index contributed by atoms with van der Waals surface area (Å²) < 4.78 is 1.91. The molecule has 4 aliphatic rings. The van der Waals surface area contributed by atoms with E-state index < -0.39 is 5.60 Å². The molecule has 0 aromatic carbocycles. The van der Waals surface area contributed by atoms with Crippen molar-refractivity contribution in [2.45, 2.75) is 70.4 Å². The van der Waals surface area contributed by atoms with Gasteiger partial charge in [-0.15, -0.1) is 0 Å². The molecule has 0 spiro atoms. The highest BCUT2D eigenvalue weighted by molar-refractivity contribution is 6.30. The maximum absolute atomic E-state index is 13.2. The second kappa shape index (κ2) is 7.53. The van der Waals surface area contributed by atoms with Gasteiger partial charge in [-0.3, -0.25) is 4.79 Å². The van der Waals surface area contributed by atoms with Crippen LogP contribution >= 0.6 is 11.6 Å². The molecule has 1 aromatic heterocycles. The summed E-state index contributed by atoms with van der Waals surface area (Å²) in [6, 6.07) is 0. The summed E-state index contributed by atoms with van der Waals surface area (Å²) >= 11 is 5.60. The van der Waals surface area contributed by atoms with Crippen molar-refractivity contribution in [3.8, 4) is 11.3 Å². The van der Waals surface area contributed by atoms with Gasteiger partial charge in [0, 0.05) is 30.1 Å². The molecule has 30 heavy (non-hydrogen) atoms. The number of carbonyl (C=O) groups excluding carboxylic acids is 1. The molecular formula is C25H31ClN2O2. The van der Waals surface area contributed by atoms with Gasteiger partial charge in [0.1, 0.15) is 5.60 Å². The highest BCUT2D eigenvalue weighted by atomic mass is 35.5. The van der Waals surface area contributed by atoms with Crippen LogP contribution in [-0.2, 0) is 11.3 Å². The zero-order valence-corrected chi connectivity index (χ0v) is 18.4. The largest absolute Gasteiger partial charge is 0.377 e. The lowest BCUT2D eigenvalue weighted by Crippen LogP contribution is -2.48. The first-order valence-electron chi connectivity index (χ1n) is 11.5. The first kappa shape index (κ1) is 20.3. The highest BCUT2D eigenvalue weighted by Crippen LogP contribution is 2.63. The number of aliphatic hydroxyl groups is 1. The molecular weight excluding hydrogens is 396 g/mol. The topological polar surface area (TPSA) is 55.1 Å². The van der Waals surface area contributed by atoms with Crippen molar-refractivity contribution in [2.24, 2.45) is 35.0 Å². The summed E-state index contributed by atoms with van der Waals surface area (Å²) in [6.45, 7) is 2.85. The van der Waals surface area contributed by atoms with Gasteiger partial charge >= 0.3 is 0 Å². The zero-order chi connectivity index (χ0) is 20.9. The smallest absolute Gasteiger partial charge is 0.156 e. The van der Waals surface area contributed by atoms with Crippen LogP contribution < -0.4 is 0 Å². The van der Waals surface area contributed by atoms with E-state index in [1.165, 1.54) is 18.4 Å².